The van der Waals surface area contributed by atoms with Crippen molar-refractivity contribution in [1.29, 1.82) is 0 Å². The lowest BCUT2D eigenvalue weighted by molar-refractivity contribution is -0.118. The second-order valence-electron chi connectivity index (χ2n) is 6.98. The summed E-state index contributed by atoms with van der Waals surface area (Å²) in [6, 6.07) is 9.66. The van der Waals surface area contributed by atoms with E-state index in [1.807, 2.05) is 58.9 Å². The molecule has 1 heterocycles. The average molecular weight is 380 g/mol. The first-order valence-corrected chi connectivity index (χ1v) is 9.03. The van der Waals surface area contributed by atoms with Gasteiger partial charge in [0, 0.05) is 11.3 Å². The number of carbonyl (C=O) groups excluding carboxylic acids is 1. The van der Waals surface area contributed by atoms with Crippen LogP contribution in [0.5, 0.6) is 11.5 Å². The molecule has 1 aromatic heterocycles. The van der Waals surface area contributed by atoms with Crippen LogP contribution in [0.4, 0.5) is 5.69 Å². The Balaban J connectivity index is 1.95. The molecule has 2 aromatic carbocycles. The van der Waals surface area contributed by atoms with Gasteiger partial charge < -0.3 is 19.7 Å². The van der Waals surface area contributed by atoms with E-state index < -0.39 is 12.5 Å². The molecular formula is C22H24N2O4. The molecule has 0 aliphatic carbocycles. The lowest BCUT2D eigenvalue weighted by Gasteiger charge is -2.15. The summed E-state index contributed by atoms with van der Waals surface area (Å²) in [5.74, 6) is 1.77. The van der Waals surface area contributed by atoms with E-state index in [1.54, 1.807) is 0 Å². The molecule has 6 heteroatoms. The number of aromatic nitrogens is 1. The van der Waals surface area contributed by atoms with E-state index >= 15 is 0 Å². The van der Waals surface area contributed by atoms with Crippen LogP contribution >= 0.6 is 0 Å². The van der Waals surface area contributed by atoms with Crippen LogP contribution in [-0.4, -0.2) is 22.8 Å². The van der Waals surface area contributed by atoms with E-state index in [4.69, 9.17) is 14.4 Å². The summed E-state index contributed by atoms with van der Waals surface area (Å²) in [5.41, 5.74) is 6.27. The monoisotopic (exact) mass is 380 g/mol. The number of ether oxygens (including phenoxy) is 1. The summed E-state index contributed by atoms with van der Waals surface area (Å²) < 4.78 is 11.5. The van der Waals surface area contributed by atoms with Crippen molar-refractivity contribution in [3.63, 3.8) is 0 Å². The van der Waals surface area contributed by atoms with Gasteiger partial charge in [0.1, 0.15) is 23.9 Å². The molecule has 0 atom stereocenters. The summed E-state index contributed by atoms with van der Waals surface area (Å²) in [7, 11) is 0. The summed E-state index contributed by atoms with van der Waals surface area (Å²) in [4.78, 5) is 11.4. The highest BCUT2D eigenvalue weighted by Crippen LogP contribution is 2.35. The molecule has 0 aliphatic rings. The molecular weight excluding hydrogens is 356 g/mol. The Morgan fingerprint density at radius 2 is 1.75 bits per heavy atom. The van der Waals surface area contributed by atoms with Crippen molar-refractivity contribution in [3.8, 4) is 22.6 Å². The molecule has 146 valence electrons. The molecule has 0 fully saturated rings. The molecule has 2 N–H and O–H groups in total. The summed E-state index contributed by atoms with van der Waals surface area (Å²) in [6.07, 6.45) is 0. The first-order valence-electron chi connectivity index (χ1n) is 9.03. The van der Waals surface area contributed by atoms with E-state index in [0.29, 0.717) is 11.4 Å². The normalized spacial score (nSPS) is 10.8. The van der Waals surface area contributed by atoms with Crippen molar-refractivity contribution in [3.05, 3.63) is 58.5 Å². The number of rotatable bonds is 5. The third-order valence-electron chi connectivity index (χ3n) is 4.48. The van der Waals surface area contributed by atoms with E-state index in [9.17, 15) is 4.79 Å². The number of amides is 1. The van der Waals surface area contributed by atoms with E-state index in [2.05, 4.69) is 16.5 Å². The number of benzene rings is 2. The number of aliphatic hydroxyl groups is 1. The van der Waals surface area contributed by atoms with Crippen LogP contribution in [0.15, 0.2) is 34.9 Å². The van der Waals surface area contributed by atoms with E-state index in [1.165, 1.54) is 0 Å². The predicted octanol–water partition coefficient (Wildman–Crippen LogP) is 4.61. The van der Waals surface area contributed by atoms with Crippen LogP contribution in [0.1, 0.15) is 28.1 Å². The average Bonchev–Trinajstić information content (AvgIpc) is 2.96. The fourth-order valence-corrected chi connectivity index (χ4v) is 3.35. The number of aliphatic hydroxyl groups excluding tert-OH is 1. The number of carbonyl (C=O) groups is 1. The van der Waals surface area contributed by atoms with Crippen molar-refractivity contribution in [2.75, 3.05) is 11.9 Å². The van der Waals surface area contributed by atoms with Crippen molar-refractivity contribution in [2.24, 2.45) is 0 Å². The van der Waals surface area contributed by atoms with E-state index in [-0.39, 0.29) is 0 Å². The van der Waals surface area contributed by atoms with Crippen molar-refractivity contribution < 1.29 is 19.2 Å². The van der Waals surface area contributed by atoms with E-state index in [0.717, 1.165) is 45.0 Å². The summed E-state index contributed by atoms with van der Waals surface area (Å²) >= 11 is 0. The highest BCUT2D eigenvalue weighted by Gasteiger charge is 2.15. The Bertz CT molecular complexity index is 995. The van der Waals surface area contributed by atoms with Crippen LogP contribution < -0.4 is 10.1 Å². The molecule has 0 unspecified atom stereocenters. The number of aryl methyl sites for hydroxylation is 5. The number of nitrogens with one attached hydrogen (secondary N) is 1. The number of anilines is 1. The fourth-order valence-electron chi connectivity index (χ4n) is 3.35. The van der Waals surface area contributed by atoms with Crippen molar-refractivity contribution >= 4 is 11.6 Å². The molecule has 3 rings (SSSR count). The maximum atomic E-state index is 11.4. The largest absolute Gasteiger partial charge is 0.457 e. The Labute approximate surface area is 164 Å². The maximum Gasteiger partial charge on any atom is 0.250 e. The minimum absolute atomic E-state index is 0.449. The van der Waals surface area contributed by atoms with Crippen LogP contribution in [0, 0.1) is 34.6 Å². The van der Waals surface area contributed by atoms with Gasteiger partial charge in [-0.2, -0.15) is 0 Å². The molecule has 1 amide bonds. The minimum Gasteiger partial charge on any atom is -0.457 e. The first kappa shape index (κ1) is 19.6. The smallest absolute Gasteiger partial charge is 0.250 e. The van der Waals surface area contributed by atoms with Crippen molar-refractivity contribution in [1.82, 2.24) is 5.16 Å². The molecule has 0 aliphatic heterocycles. The molecule has 0 radical (unpaired) electrons. The molecule has 6 nitrogen and oxygen atoms in total. The lowest BCUT2D eigenvalue weighted by Crippen LogP contribution is -2.15. The third kappa shape index (κ3) is 4.07. The Hall–Kier alpha value is -3.12. The molecule has 28 heavy (non-hydrogen) atoms. The van der Waals surface area contributed by atoms with Crippen LogP contribution in [-0.2, 0) is 4.79 Å². The second-order valence-corrected chi connectivity index (χ2v) is 6.98. The molecule has 0 bridgehead atoms. The highest BCUT2D eigenvalue weighted by atomic mass is 16.5. The Morgan fingerprint density at radius 1 is 1.07 bits per heavy atom. The molecule has 0 spiro atoms. The SMILES string of the molecule is Cc1cc(Oc2c(C)cc(NC(=O)CO)cc2C)cc(-c2c(C)noc2C)c1. The van der Waals surface area contributed by atoms with Crippen molar-refractivity contribution in [2.45, 2.75) is 34.6 Å². The zero-order valence-electron chi connectivity index (χ0n) is 16.7. The standard InChI is InChI=1S/C22H24N2O4/c1-12-6-17(21-15(4)24-28-16(21)5)10-19(7-12)27-22-13(2)8-18(9-14(22)3)23-20(26)11-25/h6-10,25H,11H2,1-5H3,(H,23,26). The van der Waals surface area contributed by atoms with Gasteiger partial charge in [0.05, 0.1) is 5.69 Å². The fraction of sp³-hybridized carbons (Fsp3) is 0.273. The number of hydrogen-bond acceptors (Lipinski definition) is 5. The quantitative estimate of drug-likeness (QED) is 0.675. The molecule has 0 saturated heterocycles. The van der Waals surface area contributed by atoms with Gasteiger partial charge in [0.2, 0.25) is 5.91 Å². The van der Waals surface area contributed by atoms with Gasteiger partial charge in [-0.15, -0.1) is 0 Å². The minimum atomic E-state index is -0.551. The second kappa shape index (κ2) is 7.86. The lowest BCUT2D eigenvalue weighted by atomic mass is 10.0. The third-order valence-corrected chi connectivity index (χ3v) is 4.48. The zero-order chi connectivity index (χ0) is 20.4. The molecule has 3 aromatic rings. The van der Waals surface area contributed by atoms with Gasteiger partial charge in [-0.25, -0.2) is 0 Å². The number of nitrogens with zero attached hydrogens (tertiary/aromatic N) is 1. The maximum absolute atomic E-state index is 11.4. The number of hydrogen-bond donors (Lipinski definition) is 2. The Kier molecular flexibility index (Phi) is 5.51. The van der Waals surface area contributed by atoms with Crippen LogP contribution in [0.25, 0.3) is 11.1 Å². The van der Waals surface area contributed by atoms with Gasteiger partial charge >= 0.3 is 0 Å². The van der Waals surface area contributed by atoms with Crippen LogP contribution in [0.3, 0.4) is 0 Å². The summed E-state index contributed by atoms with van der Waals surface area (Å²) in [5, 5.41) is 15.6. The summed E-state index contributed by atoms with van der Waals surface area (Å²) in [6.45, 7) is 9.12. The first-order chi connectivity index (χ1) is 13.3. The van der Waals surface area contributed by atoms with Gasteiger partial charge in [0.25, 0.3) is 0 Å². The van der Waals surface area contributed by atoms with Gasteiger partial charge in [0.15, 0.2) is 0 Å². The topological polar surface area (TPSA) is 84.6 Å². The van der Waals surface area contributed by atoms with Gasteiger partial charge in [-0.05, 0) is 81.1 Å². The zero-order valence-corrected chi connectivity index (χ0v) is 16.7. The highest BCUT2D eigenvalue weighted by molar-refractivity contribution is 5.91. The van der Waals surface area contributed by atoms with Crippen LogP contribution in [0.2, 0.25) is 0 Å². The Morgan fingerprint density at radius 3 is 2.32 bits per heavy atom. The van der Waals surface area contributed by atoms with Gasteiger partial charge in [-0.1, -0.05) is 11.2 Å². The van der Waals surface area contributed by atoms with Gasteiger partial charge in [-0.3, -0.25) is 4.79 Å². The predicted molar refractivity (Wildman–Crippen MR) is 108 cm³/mol. The molecule has 0 saturated carbocycles.